The molecule has 1 rings (SSSR count). The number of nitrogens with one attached hydrogen (secondary N) is 1. The van der Waals surface area contributed by atoms with Crippen LogP contribution in [0.1, 0.15) is 0 Å². The molecule has 1 aliphatic rings. The van der Waals surface area contributed by atoms with E-state index in [1.165, 1.54) is 0 Å². The normalized spacial score (nSPS) is 21.6. The first kappa shape index (κ1) is 5.95. The molecule has 5 heteroatoms. The van der Waals surface area contributed by atoms with Crippen molar-refractivity contribution in [3.63, 3.8) is 0 Å². The number of aliphatic imine (C=N–C) groups is 1. The molecule has 4 nitrogen and oxygen atoms in total. The maximum absolute atomic E-state index is 8.42. The minimum absolute atomic E-state index is 0.295. The van der Waals surface area contributed by atoms with Crippen LogP contribution in [0.25, 0.3) is 0 Å². The molecule has 0 spiro atoms. The molecule has 1 aliphatic heterocycles. The Labute approximate surface area is 48.5 Å². The number of rotatable bonds is 1. The number of nitrogens with zero attached hydrogens (tertiary/aromatic N) is 1. The summed E-state index contributed by atoms with van der Waals surface area (Å²) in [6.07, 6.45) is -0.738. The number of amidine groups is 1. The Hall–Kier alpha value is -0.180. The van der Waals surface area contributed by atoms with Gasteiger partial charge in [-0.15, -0.1) is 0 Å². The lowest BCUT2D eigenvalue weighted by Gasteiger charge is -2.00. The van der Waals surface area contributed by atoms with Gasteiger partial charge in [0, 0.05) is 0 Å². The summed E-state index contributed by atoms with van der Waals surface area (Å²) in [7, 11) is 0.508. The first-order valence-corrected chi connectivity index (χ1v) is 3.41. The minimum Gasteiger partial charge on any atom is -0.362 e. The van der Waals surface area contributed by atoms with Gasteiger partial charge in [0.1, 0.15) is 0 Å². The van der Waals surface area contributed by atoms with Crippen LogP contribution >= 0.6 is 8.73 Å². The Morgan fingerprint density at radius 1 is 1.75 bits per heavy atom. The highest BCUT2D eigenvalue weighted by Crippen LogP contribution is 2.10. The summed E-state index contributed by atoms with van der Waals surface area (Å²) in [5.41, 5.74) is 0. The molecule has 0 fully saturated rings. The Kier molecular flexibility index (Phi) is 1.78. The van der Waals surface area contributed by atoms with Crippen LogP contribution in [-0.2, 0) is 0 Å². The van der Waals surface area contributed by atoms with Gasteiger partial charge < -0.3 is 15.3 Å². The third-order valence-corrected chi connectivity index (χ3v) is 1.54. The zero-order chi connectivity index (χ0) is 5.98. The van der Waals surface area contributed by atoms with E-state index in [9.17, 15) is 0 Å². The van der Waals surface area contributed by atoms with Crippen molar-refractivity contribution in [2.75, 3.05) is 6.29 Å². The number of aliphatic hydroxyl groups is 2. The average molecular weight is 134 g/mol. The van der Waals surface area contributed by atoms with Crippen molar-refractivity contribution in [2.24, 2.45) is 4.99 Å². The maximum atomic E-state index is 8.42. The van der Waals surface area contributed by atoms with E-state index in [1.54, 1.807) is 0 Å². The molecular formula is C3H7N2O2P. The lowest BCUT2D eigenvalue weighted by Crippen LogP contribution is -2.26. The van der Waals surface area contributed by atoms with Crippen LogP contribution in [0.4, 0.5) is 0 Å². The molecular weight excluding hydrogens is 127 g/mol. The van der Waals surface area contributed by atoms with E-state index in [1.807, 2.05) is 0 Å². The Morgan fingerprint density at radius 3 is 2.75 bits per heavy atom. The average Bonchev–Trinajstić information content (AvgIpc) is 2.12. The van der Waals surface area contributed by atoms with Gasteiger partial charge in [-0.25, -0.2) is 0 Å². The van der Waals surface area contributed by atoms with Crippen LogP contribution in [0.5, 0.6) is 0 Å². The van der Waals surface area contributed by atoms with E-state index in [4.69, 9.17) is 10.2 Å². The Balaban J connectivity index is 2.45. The van der Waals surface area contributed by atoms with Gasteiger partial charge in [-0.3, -0.25) is 4.99 Å². The van der Waals surface area contributed by atoms with Crippen LogP contribution in [-0.4, -0.2) is 28.6 Å². The fraction of sp³-hybridized carbons (Fsp3) is 0.667. The molecule has 46 valence electrons. The van der Waals surface area contributed by atoms with Gasteiger partial charge in [0.25, 0.3) is 0 Å². The molecule has 0 aliphatic carbocycles. The molecule has 0 bridgehead atoms. The van der Waals surface area contributed by atoms with Crippen LogP contribution in [0.3, 0.4) is 0 Å². The molecule has 0 aromatic heterocycles. The minimum atomic E-state index is -1.41. The zero-order valence-electron chi connectivity index (χ0n) is 4.13. The topological polar surface area (TPSA) is 64.8 Å². The van der Waals surface area contributed by atoms with Crippen molar-refractivity contribution in [1.29, 1.82) is 0 Å². The third-order valence-electron chi connectivity index (χ3n) is 0.789. The lowest BCUT2D eigenvalue weighted by atomic mass is 10.6. The summed E-state index contributed by atoms with van der Waals surface area (Å²) >= 11 is 0. The third kappa shape index (κ3) is 1.15. The summed E-state index contributed by atoms with van der Waals surface area (Å²) in [5, 5.41) is 19.6. The number of hydrogen-bond donors (Lipinski definition) is 3. The van der Waals surface area contributed by atoms with Crippen molar-refractivity contribution >= 4 is 14.6 Å². The molecule has 3 N–H and O–H groups in total. The molecule has 0 aromatic carbocycles. The summed E-state index contributed by atoms with van der Waals surface area (Å²) < 4.78 is 0. The summed E-state index contributed by atoms with van der Waals surface area (Å²) in [6, 6.07) is 0. The zero-order valence-corrected chi connectivity index (χ0v) is 5.13. The molecule has 0 saturated carbocycles. The Morgan fingerprint density at radius 2 is 2.50 bits per heavy atom. The molecule has 0 saturated heterocycles. The van der Waals surface area contributed by atoms with Crippen LogP contribution < -0.4 is 5.09 Å². The molecule has 1 unspecified atom stereocenters. The van der Waals surface area contributed by atoms with Crippen molar-refractivity contribution in [3.8, 4) is 0 Å². The largest absolute Gasteiger partial charge is 0.362 e. The highest BCUT2D eigenvalue weighted by molar-refractivity contribution is 7.37. The van der Waals surface area contributed by atoms with Gasteiger partial charge in [0.15, 0.2) is 5.84 Å². The maximum Gasteiger partial charge on any atom is 0.211 e. The van der Waals surface area contributed by atoms with Crippen LogP contribution in [0.2, 0.25) is 0 Å². The fourth-order valence-corrected chi connectivity index (χ4v) is 1.16. The predicted molar refractivity (Wildman–Crippen MR) is 32.0 cm³/mol. The lowest BCUT2D eigenvalue weighted by molar-refractivity contribution is 0.0180. The van der Waals surface area contributed by atoms with Gasteiger partial charge in [-0.2, -0.15) is 0 Å². The molecule has 1 atom stereocenters. The number of hydrogen-bond acceptors (Lipinski definition) is 4. The summed E-state index contributed by atoms with van der Waals surface area (Å²) in [5.74, 6) is 0.295. The van der Waals surface area contributed by atoms with E-state index in [2.05, 4.69) is 10.1 Å². The molecule has 1 heterocycles. The van der Waals surface area contributed by atoms with E-state index < -0.39 is 6.29 Å². The van der Waals surface area contributed by atoms with E-state index in [-0.39, 0.29) is 0 Å². The van der Waals surface area contributed by atoms with E-state index >= 15 is 0 Å². The van der Waals surface area contributed by atoms with Gasteiger partial charge in [-0.1, -0.05) is 0 Å². The second-order valence-corrected chi connectivity index (χ2v) is 2.30. The van der Waals surface area contributed by atoms with Crippen molar-refractivity contribution < 1.29 is 10.2 Å². The highest BCUT2D eigenvalue weighted by atomic mass is 31.1. The fourth-order valence-electron chi connectivity index (χ4n) is 0.441. The van der Waals surface area contributed by atoms with Crippen molar-refractivity contribution in [3.05, 3.63) is 0 Å². The Bertz CT molecular complexity index is 114. The predicted octanol–water partition coefficient (Wildman–Crippen LogP) is -1.15. The monoisotopic (exact) mass is 134 g/mol. The molecule has 0 aromatic rings. The van der Waals surface area contributed by atoms with Crippen LogP contribution in [0.15, 0.2) is 4.99 Å². The smallest absolute Gasteiger partial charge is 0.211 e. The first-order valence-electron chi connectivity index (χ1n) is 2.20. The van der Waals surface area contributed by atoms with E-state index in [0.29, 0.717) is 20.9 Å². The van der Waals surface area contributed by atoms with Gasteiger partial charge >= 0.3 is 0 Å². The number of aliphatic hydroxyl groups excluding tert-OH is 1. The van der Waals surface area contributed by atoms with Crippen molar-refractivity contribution in [1.82, 2.24) is 5.09 Å². The van der Waals surface area contributed by atoms with Crippen LogP contribution in [0, 0.1) is 0 Å². The van der Waals surface area contributed by atoms with Gasteiger partial charge in [0.05, 0.1) is 6.29 Å². The second kappa shape index (κ2) is 2.40. The molecule has 0 radical (unpaired) electrons. The van der Waals surface area contributed by atoms with E-state index in [0.717, 1.165) is 0 Å². The standard InChI is InChI=1S/C3H7N2O2P/c6-3(7)2-4-1-8-5-2/h3,6-8H,1H2,(H,4,5). The molecule has 0 amide bonds. The summed E-state index contributed by atoms with van der Waals surface area (Å²) in [4.78, 5) is 3.75. The van der Waals surface area contributed by atoms with Gasteiger partial charge in [0.2, 0.25) is 6.29 Å². The second-order valence-electron chi connectivity index (χ2n) is 1.38. The highest BCUT2D eigenvalue weighted by Gasteiger charge is 2.10. The molecule has 8 heavy (non-hydrogen) atoms. The SMILES string of the molecule is OC(O)C1=NCPN1. The quantitative estimate of drug-likeness (QED) is 0.313. The summed E-state index contributed by atoms with van der Waals surface area (Å²) in [6.45, 7) is 0. The van der Waals surface area contributed by atoms with Crippen molar-refractivity contribution in [2.45, 2.75) is 6.29 Å². The first-order chi connectivity index (χ1) is 3.80. The van der Waals surface area contributed by atoms with Gasteiger partial charge in [-0.05, 0) is 8.73 Å².